The maximum Gasteiger partial charge on any atom is 0.312 e. The fourth-order valence-electron chi connectivity index (χ4n) is 3.40. The number of nitrogens with one attached hydrogen (secondary N) is 1. The third-order valence-electron chi connectivity index (χ3n) is 4.94. The quantitative estimate of drug-likeness (QED) is 0.372. The molecule has 2 amide bonds. The zero-order chi connectivity index (χ0) is 24.1. The van der Waals surface area contributed by atoms with Gasteiger partial charge in [-0.1, -0.05) is 30.3 Å². The number of amides is 2. The van der Waals surface area contributed by atoms with Gasteiger partial charge in [0.1, 0.15) is 18.1 Å². The Morgan fingerprint density at radius 3 is 2.65 bits per heavy atom. The van der Waals surface area contributed by atoms with Gasteiger partial charge in [0.05, 0.1) is 18.2 Å². The predicted octanol–water partition coefficient (Wildman–Crippen LogP) is 3.70. The number of benzene rings is 2. The molecule has 0 fully saturated rings. The molecule has 0 bridgehead atoms. The van der Waals surface area contributed by atoms with Gasteiger partial charge in [-0.05, 0) is 36.8 Å². The summed E-state index contributed by atoms with van der Waals surface area (Å²) in [4.78, 5) is 41.3. The van der Waals surface area contributed by atoms with E-state index < -0.39 is 18.0 Å². The number of nitrogens with zero attached hydrogens (tertiary/aromatic N) is 2. The number of esters is 1. The molecule has 0 saturated heterocycles. The third-order valence-corrected chi connectivity index (χ3v) is 5.88. The zero-order valence-electron chi connectivity index (χ0n) is 18.3. The van der Waals surface area contributed by atoms with E-state index in [9.17, 15) is 14.4 Å². The third kappa shape index (κ3) is 5.59. The van der Waals surface area contributed by atoms with Crippen LogP contribution in [0.2, 0.25) is 0 Å². The van der Waals surface area contributed by atoms with Crippen LogP contribution in [0.3, 0.4) is 0 Å². The Balaban J connectivity index is 1.45. The minimum atomic E-state index is -0.777. The van der Waals surface area contributed by atoms with Gasteiger partial charge in [-0.2, -0.15) is 0 Å². The summed E-state index contributed by atoms with van der Waals surface area (Å²) in [5.41, 5.74) is 6.85. The lowest BCUT2D eigenvalue weighted by atomic mass is 10.0. The minimum Gasteiger partial charge on any atom is -0.459 e. The van der Waals surface area contributed by atoms with Crippen LogP contribution < -0.4 is 21.3 Å². The Hall–Kier alpha value is -4.18. The number of primary amides is 1. The second kappa shape index (κ2) is 10.2. The van der Waals surface area contributed by atoms with Crippen LogP contribution in [0.4, 0.5) is 4.79 Å². The molecule has 10 heteroatoms. The van der Waals surface area contributed by atoms with Crippen LogP contribution >= 0.6 is 11.3 Å². The van der Waals surface area contributed by atoms with Crippen molar-refractivity contribution >= 4 is 28.3 Å². The number of ether oxygens (including phenoxy) is 2. The molecule has 2 aromatic carbocycles. The number of carbonyl (C=O) groups is 2. The van der Waals surface area contributed by atoms with E-state index in [0.717, 1.165) is 5.69 Å². The van der Waals surface area contributed by atoms with E-state index in [2.05, 4.69) is 10.3 Å². The number of carbonyl (C=O) groups excluding carboxylic acids is 2. The Kier molecular flexibility index (Phi) is 6.88. The maximum atomic E-state index is 12.6. The SMILES string of the molecule is Cc1csc2nc(COC(=O)C[C@H](NC(N)=O)c3cccc(Oc4ccccc4)c3)cc(=O)n12. The highest BCUT2D eigenvalue weighted by Gasteiger charge is 2.20. The van der Waals surface area contributed by atoms with Crippen LogP contribution in [0.1, 0.15) is 29.4 Å². The molecule has 0 aliphatic heterocycles. The van der Waals surface area contributed by atoms with Crippen molar-refractivity contribution in [2.75, 3.05) is 0 Å². The van der Waals surface area contributed by atoms with Crippen molar-refractivity contribution in [3.63, 3.8) is 0 Å². The van der Waals surface area contributed by atoms with E-state index in [-0.39, 0.29) is 18.6 Å². The normalized spacial score (nSPS) is 11.7. The zero-order valence-corrected chi connectivity index (χ0v) is 19.1. The summed E-state index contributed by atoms with van der Waals surface area (Å²) in [5, 5.41) is 4.40. The highest BCUT2D eigenvalue weighted by molar-refractivity contribution is 7.15. The molecule has 0 aliphatic rings. The van der Waals surface area contributed by atoms with Crippen LogP contribution in [0.25, 0.3) is 4.96 Å². The first-order chi connectivity index (χ1) is 16.4. The number of thiazole rings is 1. The number of fused-ring (bicyclic) bond motifs is 1. The molecule has 4 aromatic rings. The summed E-state index contributed by atoms with van der Waals surface area (Å²) in [5.74, 6) is 0.606. The summed E-state index contributed by atoms with van der Waals surface area (Å²) in [7, 11) is 0. The first-order valence-corrected chi connectivity index (χ1v) is 11.3. The Labute approximate surface area is 198 Å². The first kappa shape index (κ1) is 23.0. The monoisotopic (exact) mass is 478 g/mol. The van der Waals surface area contributed by atoms with Crippen molar-refractivity contribution in [3.8, 4) is 11.5 Å². The lowest BCUT2D eigenvalue weighted by molar-refractivity contribution is -0.145. The van der Waals surface area contributed by atoms with Crippen molar-refractivity contribution in [2.45, 2.75) is 26.0 Å². The fraction of sp³-hybridized carbons (Fsp3) is 0.167. The average Bonchev–Trinajstić information content (AvgIpc) is 3.19. The topological polar surface area (TPSA) is 125 Å². The Morgan fingerprint density at radius 1 is 1.12 bits per heavy atom. The second-order valence-corrected chi connectivity index (χ2v) is 8.33. The fourth-order valence-corrected chi connectivity index (χ4v) is 4.29. The number of aryl methyl sites for hydroxylation is 1. The number of para-hydroxylation sites is 1. The van der Waals surface area contributed by atoms with Crippen molar-refractivity contribution in [1.82, 2.24) is 14.7 Å². The molecule has 1 atom stereocenters. The second-order valence-electron chi connectivity index (χ2n) is 7.49. The van der Waals surface area contributed by atoms with E-state index in [1.54, 1.807) is 24.3 Å². The molecule has 0 spiro atoms. The molecule has 0 unspecified atom stereocenters. The van der Waals surface area contributed by atoms with Crippen LogP contribution in [0, 0.1) is 6.92 Å². The van der Waals surface area contributed by atoms with Gasteiger partial charge in [0.15, 0.2) is 4.96 Å². The van der Waals surface area contributed by atoms with Crippen molar-refractivity contribution in [3.05, 3.63) is 93.3 Å². The predicted molar refractivity (Wildman–Crippen MR) is 127 cm³/mol. The molecule has 174 valence electrons. The van der Waals surface area contributed by atoms with Crippen LogP contribution in [-0.2, 0) is 16.1 Å². The number of nitrogens with two attached hydrogens (primary N) is 1. The van der Waals surface area contributed by atoms with E-state index in [0.29, 0.717) is 27.7 Å². The molecule has 0 radical (unpaired) electrons. The van der Waals surface area contributed by atoms with E-state index >= 15 is 0 Å². The summed E-state index contributed by atoms with van der Waals surface area (Å²) in [6.45, 7) is 1.65. The van der Waals surface area contributed by atoms with Gasteiger partial charge in [-0.3, -0.25) is 14.0 Å². The van der Waals surface area contributed by atoms with Gasteiger partial charge >= 0.3 is 12.0 Å². The molecular formula is C24H22N4O5S. The highest BCUT2D eigenvalue weighted by atomic mass is 32.1. The molecule has 34 heavy (non-hydrogen) atoms. The van der Waals surface area contributed by atoms with Crippen LogP contribution in [0.5, 0.6) is 11.5 Å². The molecule has 4 rings (SSSR count). The molecular weight excluding hydrogens is 456 g/mol. The van der Waals surface area contributed by atoms with E-state index in [1.165, 1.54) is 21.8 Å². The Bertz CT molecular complexity index is 1380. The van der Waals surface area contributed by atoms with Crippen molar-refractivity contribution in [1.29, 1.82) is 0 Å². The standard InChI is InChI=1S/C24H22N4O5S/c1-15-14-34-24-26-17(11-21(29)28(15)24)13-32-22(30)12-20(27-23(25)31)16-6-5-9-19(10-16)33-18-7-3-2-4-8-18/h2-11,14,20H,12-13H2,1H3,(H3,25,27,31)/t20-/m0/s1. The van der Waals surface area contributed by atoms with Gasteiger partial charge in [-0.15, -0.1) is 11.3 Å². The van der Waals surface area contributed by atoms with E-state index in [4.69, 9.17) is 15.2 Å². The number of urea groups is 1. The molecule has 0 saturated carbocycles. The summed E-state index contributed by atoms with van der Waals surface area (Å²) in [6.07, 6.45) is -0.170. The van der Waals surface area contributed by atoms with Crippen molar-refractivity contribution in [2.24, 2.45) is 5.73 Å². The van der Waals surface area contributed by atoms with Gasteiger partial charge in [0.2, 0.25) is 0 Å². The number of rotatable bonds is 8. The van der Waals surface area contributed by atoms with Gasteiger partial charge in [-0.25, -0.2) is 9.78 Å². The molecule has 0 aliphatic carbocycles. The van der Waals surface area contributed by atoms with E-state index in [1.807, 2.05) is 42.6 Å². The highest BCUT2D eigenvalue weighted by Crippen LogP contribution is 2.26. The molecule has 2 aromatic heterocycles. The molecule has 3 N–H and O–H groups in total. The number of aromatic nitrogens is 2. The van der Waals surface area contributed by atoms with Gasteiger partial charge < -0.3 is 20.5 Å². The first-order valence-electron chi connectivity index (χ1n) is 10.4. The van der Waals surface area contributed by atoms with Crippen LogP contribution in [0.15, 0.2) is 70.8 Å². The lowest BCUT2D eigenvalue weighted by Gasteiger charge is -2.18. The maximum absolute atomic E-state index is 12.6. The Morgan fingerprint density at radius 2 is 1.88 bits per heavy atom. The number of hydrogen-bond acceptors (Lipinski definition) is 7. The largest absolute Gasteiger partial charge is 0.459 e. The summed E-state index contributed by atoms with van der Waals surface area (Å²) < 4.78 is 12.7. The lowest BCUT2D eigenvalue weighted by Crippen LogP contribution is -2.34. The van der Waals surface area contributed by atoms with Gasteiger partial charge in [0, 0.05) is 17.1 Å². The average molecular weight is 479 g/mol. The minimum absolute atomic E-state index is 0.165. The van der Waals surface area contributed by atoms with Crippen molar-refractivity contribution < 1.29 is 19.1 Å². The van der Waals surface area contributed by atoms with Gasteiger partial charge in [0.25, 0.3) is 5.56 Å². The molecule has 2 heterocycles. The molecule has 9 nitrogen and oxygen atoms in total. The summed E-state index contributed by atoms with van der Waals surface area (Å²) >= 11 is 1.33. The summed E-state index contributed by atoms with van der Waals surface area (Å²) in [6, 6.07) is 16.0. The number of hydrogen-bond donors (Lipinski definition) is 2. The smallest absolute Gasteiger partial charge is 0.312 e. The van der Waals surface area contributed by atoms with Crippen LogP contribution in [-0.4, -0.2) is 21.4 Å².